The van der Waals surface area contributed by atoms with Crippen LogP contribution in [0.2, 0.25) is 0 Å². The van der Waals surface area contributed by atoms with Crippen molar-refractivity contribution in [3.8, 4) is 5.69 Å². The summed E-state index contributed by atoms with van der Waals surface area (Å²) in [6.07, 6.45) is 0. The Bertz CT molecular complexity index is 1190. The van der Waals surface area contributed by atoms with E-state index in [0.717, 1.165) is 27.5 Å². The Morgan fingerprint density at radius 3 is 2.43 bits per heavy atom. The number of rotatable bonds is 5. The Morgan fingerprint density at radius 1 is 1.13 bits per heavy atom. The average Bonchev–Trinajstić information content (AvgIpc) is 3.27. The van der Waals surface area contributed by atoms with Gasteiger partial charge in [-0.05, 0) is 49.7 Å². The molecule has 30 heavy (non-hydrogen) atoms. The van der Waals surface area contributed by atoms with E-state index in [4.69, 9.17) is 0 Å². The first-order valence-corrected chi connectivity index (χ1v) is 10.5. The summed E-state index contributed by atoms with van der Waals surface area (Å²) in [5, 5.41) is 3.06. The minimum Gasteiger partial charge on any atom is -0.348 e. The Morgan fingerprint density at radius 2 is 1.80 bits per heavy atom. The molecule has 0 spiro atoms. The highest BCUT2D eigenvalue weighted by Crippen LogP contribution is 2.33. The van der Waals surface area contributed by atoms with Crippen molar-refractivity contribution in [1.82, 2.24) is 14.9 Å². The fourth-order valence-corrected chi connectivity index (χ4v) is 4.32. The summed E-state index contributed by atoms with van der Waals surface area (Å²) >= 11 is 1.38. The molecule has 4 aromatic rings. The quantitative estimate of drug-likeness (QED) is 0.487. The third-order valence-electron chi connectivity index (χ3n) is 4.95. The van der Waals surface area contributed by atoms with E-state index in [1.807, 2.05) is 67.7 Å². The van der Waals surface area contributed by atoms with Gasteiger partial charge in [0.25, 0.3) is 5.91 Å². The Kier molecular flexibility index (Phi) is 5.30. The highest BCUT2D eigenvalue weighted by Gasteiger charge is 2.21. The van der Waals surface area contributed by atoms with Crippen LogP contribution in [0.3, 0.4) is 0 Å². The SMILES string of the molecule is Cc1ccc([C@H](C)NC(=O)c2cc3nc(N(C)C)n(-c4ccc(F)cc4)c3s2)cc1. The summed E-state index contributed by atoms with van der Waals surface area (Å²) in [6.45, 7) is 4.01. The molecule has 0 unspecified atom stereocenters. The monoisotopic (exact) mass is 422 g/mol. The van der Waals surface area contributed by atoms with E-state index in [0.29, 0.717) is 4.88 Å². The molecule has 2 aromatic heterocycles. The number of benzene rings is 2. The van der Waals surface area contributed by atoms with Gasteiger partial charge in [-0.1, -0.05) is 29.8 Å². The van der Waals surface area contributed by atoms with Crippen molar-refractivity contribution in [2.24, 2.45) is 0 Å². The number of halogens is 1. The van der Waals surface area contributed by atoms with E-state index in [9.17, 15) is 9.18 Å². The lowest BCUT2D eigenvalue weighted by molar-refractivity contribution is 0.0944. The van der Waals surface area contributed by atoms with Crippen LogP contribution in [0.1, 0.15) is 33.8 Å². The lowest BCUT2D eigenvalue weighted by atomic mass is 10.1. The minimum absolute atomic E-state index is 0.107. The lowest BCUT2D eigenvalue weighted by Gasteiger charge is -2.15. The lowest BCUT2D eigenvalue weighted by Crippen LogP contribution is -2.25. The van der Waals surface area contributed by atoms with Crippen molar-refractivity contribution >= 4 is 33.5 Å². The summed E-state index contributed by atoms with van der Waals surface area (Å²) in [4.78, 5) is 20.9. The second-order valence-electron chi connectivity index (χ2n) is 7.52. The zero-order valence-electron chi connectivity index (χ0n) is 17.3. The van der Waals surface area contributed by atoms with Gasteiger partial charge in [-0.3, -0.25) is 9.36 Å². The Hall–Kier alpha value is -3.19. The number of anilines is 1. The zero-order chi connectivity index (χ0) is 21.4. The van der Waals surface area contributed by atoms with Crippen LogP contribution in [0.15, 0.2) is 54.6 Å². The number of amides is 1. The van der Waals surface area contributed by atoms with Gasteiger partial charge in [0.1, 0.15) is 16.2 Å². The van der Waals surface area contributed by atoms with Crippen molar-refractivity contribution in [2.75, 3.05) is 19.0 Å². The number of aryl methyl sites for hydroxylation is 1. The van der Waals surface area contributed by atoms with Crippen LogP contribution in [0, 0.1) is 12.7 Å². The van der Waals surface area contributed by atoms with E-state index in [-0.39, 0.29) is 17.8 Å². The first-order valence-electron chi connectivity index (χ1n) is 9.66. The van der Waals surface area contributed by atoms with E-state index in [1.165, 1.54) is 29.0 Å². The Balaban J connectivity index is 1.67. The van der Waals surface area contributed by atoms with Gasteiger partial charge in [0.2, 0.25) is 5.95 Å². The minimum atomic E-state index is -0.294. The predicted octanol–water partition coefficient (Wildman–Crippen LogP) is 5.09. The summed E-state index contributed by atoms with van der Waals surface area (Å²) in [5.74, 6) is 0.295. The van der Waals surface area contributed by atoms with Crippen LogP contribution in [0.5, 0.6) is 0 Å². The zero-order valence-corrected chi connectivity index (χ0v) is 18.1. The summed E-state index contributed by atoms with van der Waals surface area (Å²) in [7, 11) is 3.81. The van der Waals surface area contributed by atoms with Gasteiger partial charge >= 0.3 is 0 Å². The van der Waals surface area contributed by atoms with E-state index in [2.05, 4.69) is 10.3 Å². The average molecular weight is 423 g/mol. The van der Waals surface area contributed by atoms with Gasteiger partial charge in [0.15, 0.2) is 0 Å². The molecule has 0 bridgehead atoms. The van der Waals surface area contributed by atoms with Crippen molar-refractivity contribution in [1.29, 1.82) is 0 Å². The molecule has 7 heteroatoms. The Labute approximate surface area is 178 Å². The molecule has 0 aliphatic carbocycles. The highest BCUT2D eigenvalue weighted by molar-refractivity contribution is 7.20. The normalized spacial score (nSPS) is 12.2. The number of aromatic nitrogens is 2. The van der Waals surface area contributed by atoms with Crippen LogP contribution in [-0.4, -0.2) is 29.6 Å². The van der Waals surface area contributed by atoms with Crippen molar-refractivity contribution in [3.63, 3.8) is 0 Å². The molecule has 0 fully saturated rings. The molecule has 2 heterocycles. The summed E-state index contributed by atoms with van der Waals surface area (Å²) in [5.41, 5.74) is 3.77. The molecule has 0 saturated carbocycles. The topological polar surface area (TPSA) is 50.2 Å². The number of hydrogen-bond donors (Lipinski definition) is 1. The predicted molar refractivity (Wildman–Crippen MR) is 120 cm³/mol. The number of nitrogens with one attached hydrogen (secondary N) is 1. The number of carbonyl (C=O) groups is 1. The fourth-order valence-electron chi connectivity index (χ4n) is 3.30. The standard InChI is InChI=1S/C23H23FN4OS/c1-14-5-7-16(8-6-14)15(2)25-21(29)20-13-19-22(30-20)28(23(26-19)27(3)4)18-11-9-17(24)10-12-18/h5-13,15H,1-4H3,(H,25,29)/t15-/m0/s1. The van der Waals surface area contributed by atoms with Crippen molar-refractivity contribution in [3.05, 3.63) is 76.4 Å². The second-order valence-corrected chi connectivity index (χ2v) is 8.56. The number of thiophene rings is 1. The van der Waals surface area contributed by atoms with Crippen molar-refractivity contribution in [2.45, 2.75) is 19.9 Å². The first kappa shape index (κ1) is 20.1. The summed E-state index contributed by atoms with van der Waals surface area (Å²) in [6, 6.07) is 16.1. The van der Waals surface area contributed by atoms with Gasteiger partial charge in [-0.15, -0.1) is 11.3 Å². The molecule has 154 valence electrons. The number of carbonyl (C=O) groups excluding carboxylic acids is 1. The molecule has 1 amide bonds. The van der Waals surface area contributed by atoms with Gasteiger partial charge < -0.3 is 10.2 Å². The van der Waals surface area contributed by atoms with Gasteiger partial charge in [0, 0.05) is 14.1 Å². The van der Waals surface area contributed by atoms with Gasteiger partial charge in [-0.2, -0.15) is 0 Å². The number of fused-ring (bicyclic) bond motifs is 1. The molecule has 0 saturated heterocycles. The molecule has 2 aromatic carbocycles. The van der Waals surface area contributed by atoms with Gasteiger partial charge in [-0.25, -0.2) is 9.37 Å². The van der Waals surface area contributed by atoms with Crippen LogP contribution in [0.25, 0.3) is 16.0 Å². The van der Waals surface area contributed by atoms with Crippen LogP contribution in [-0.2, 0) is 0 Å². The van der Waals surface area contributed by atoms with E-state index >= 15 is 0 Å². The fraction of sp³-hybridized carbons (Fsp3) is 0.217. The second kappa shape index (κ2) is 7.91. The van der Waals surface area contributed by atoms with Crippen LogP contribution in [0.4, 0.5) is 10.3 Å². The van der Waals surface area contributed by atoms with Gasteiger partial charge in [0.05, 0.1) is 16.6 Å². The molecular weight excluding hydrogens is 399 g/mol. The highest BCUT2D eigenvalue weighted by atomic mass is 32.1. The van der Waals surface area contributed by atoms with Crippen LogP contribution >= 0.6 is 11.3 Å². The molecule has 0 radical (unpaired) electrons. The molecule has 1 N–H and O–H groups in total. The van der Waals surface area contributed by atoms with E-state index in [1.54, 1.807) is 12.1 Å². The maximum atomic E-state index is 13.4. The molecule has 0 aliphatic heterocycles. The molecule has 5 nitrogen and oxygen atoms in total. The van der Waals surface area contributed by atoms with Crippen LogP contribution < -0.4 is 10.2 Å². The van der Waals surface area contributed by atoms with E-state index < -0.39 is 0 Å². The first-order chi connectivity index (χ1) is 14.3. The van der Waals surface area contributed by atoms with Crippen molar-refractivity contribution < 1.29 is 9.18 Å². The number of nitrogens with zero attached hydrogens (tertiary/aromatic N) is 3. The third kappa shape index (κ3) is 3.80. The maximum absolute atomic E-state index is 13.4. The number of hydrogen-bond acceptors (Lipinski definition) is 4. The molecular formula is C23H23FN4OS. The third-order valence-corrected chi connectivity index (χ3v) is 6.06. The summed E-state index contributed by atoms with van der Waals surface area (Å²) < 4.78 is 15.4. The molecule has 4 rings (SSSR count). The molecule has 0 aliphatic rings. The largest absolute Gasteiger partial charge is 0.348 e. The maximum Gasteiger partial charge on any atom is 0.261 e. The number of imidazole rings is 1. The molecule has 1 atom stereocenters. The smallest absolute Gasteiger partial charge is 0.261 e.